The third-order valence-corrected chi connectivity index (χ3v) is 4.75. The Balaban J connectivity index is 1.96. The summed E-state index contributed by atoms with van der Waals surface area (Å²) in [7, 11) is -3.92. The zero-order chi connectivity index (χ0) is 17.2. The molecule has 120 valence electrons. The van der Waals surface area contributed by atoms with Crippen LogP contribution < -0.4 is 0 Å². The normalized spacial score (nSPS) is 11.8. The van der Waals surface area contributed by atoms with Crippen LogP contribution in [0.2, 0.25) is 0 Å². The summed E-state index contributed by atoms with van der Waals surface area (Å²) in [5, 5.41) is 12.5. The van der Waals surface area contributed by atoms with Gasteiger partial charge in [0.2, 0.25) is 0 Å². The molecule has 0 fully saturated rings. The van der Waals surface area contributed by atoms with Gasteiger partial charge in [-0.15, -0.1) is 0 Å². The van der Waals surface area contributed by atoms with Gasteiger partial charge in [-0.2, -0.15) is 12.8 Å². The molecule has 3 aromatic rings. The van der Waals surface area contributed by atoms with Gasteiger partial charge in [-0.25, -0.2) is 0 Å². The van der Waals surface area contributed by atoms with E-state index >= 15 is 0 Å². The number of hydrogen-bond donors (Lipinski definition) is 0. The number of fused-ring (bicyclic) bond motifs is 1. The molecule has 24 heavy (non-hydrogen) atoms. The molecule has 0 aromatic heterocycles. The molecular formula is C17H12N2O4S. The van der Waals surface area contributed by atoms with Crippen LogP contribution in [0.25, 0.3) is 10.8 Å². The van der Waals surface area contributed by atoms with Crippen LogP contribution in [0.15, 0.2) is 76.0 Å². The highest BCUT2D eigenvalue weighted by Crippen LogP contribution is 2.20. The largest absolute Gasteiger partial charge is 0.282 e. The summed E-state index contributed by atoms with van der Waals surface area (Å²) in [6.45, 7) is 0. The van der Waals surface area contributed by atoms with Gasteiger partial charge in [0.15, 0.2) is 0 Å². The van der Waals surface area contributed by atoms with Gasteiger partial charge in [-0.3, -0.25) is 10.1 Å². The van der Waals surface area contributed by atoms with Crippen molar-refractivity contribution in [3.05, 3.63) is 82.4 Å². The Labute approximate surface area is 138 Å². The second-order valence-corrected chi connectivity index (χ2v) is 6.66. The van der Waals surface area contributed by atoms with Crippen molar-refractivity contribution in [3.63, 3.8) is 0 Å². The lowest BCUT2D eigenvalue weighted by Gasteiger charge is -2.02. The van der Waals surface area contributed by atoms with Crippen molar-refractivity contribution in [1.82, 2.24) is 0 Å². The maximum absolute atomic E-state index is 12.3. The lowest BCUT2D eigenvalue weighted by molar-refractivity contribution is -0.384. The number of rotatable bonds is 4. The van der Waals surface area contributed by atoms with E-state index in [0.717, 1.165) is 22.9 Å². The van der Waals surface area contributed by atoms with Crippen LogP contribution in [-0.4, -0.2) is 19.6 Å². The minimum atomic E-state index is -3.92. The maximum Gasteiger partial charge on any atom is 0.282 e. The van der Waals surface area contributed by atoms with Crippen molar-refractivity contribution in [2.24, 2.45) is 4.40 Å². The van der Waals surface area contributed by atoms with Crippen LogP contribution in [-0.2, 0) is 10.0 Å². The van der Waals surface area contributed by atoms with E-state index in [2.05, 4.69) is 4.40 Å². The summed E-state index contributed by atoms with van der Waals surface area (Å²) in [5.74, 6) is 0. The second-order valence-electron chi connectivity index (χ2n) is 5.03. The van der Waals surface area contributed by atoms with E-state index in [1.165, 1.54) is 18.3 Å². The highest BCUT2D eigenvalue weighted by Gasteiger charge is 2.14. The number of nitro groups is 1. The lowest BCUT2D eigenvalue weighted by Crippen LogP contribution is -1.98. The fourth-order valence-corrected chi connectivity index (χ4v) is 3.14. The molecule has 0 aliphatic carbocycles. The Morgan fingerprint density at radius 3 is 2.29 bits per heavy atom. The summed E-state index contributed by atoms with van der Waals surface area (Å²) >= 11 is 0. The number of hydrogen-bond acceptors (Lipinski definition) is 4. The van der Waals surface area contributed by atoms with Gasteiger partial charge in [0.25, 0.3) is 15.7 Å². The standard InChI is InChI=1S/C17H12N2O4S/c20-19(21)15-8-10-16(11-9-15)24(22,23)18-12-14-6-3-5-13-4-1-2-7-17(13)14/h1-12H/b18-12+. The maximum atomic E-state index is 12.3. The smallest absolute Gasteiger partial charge is 0.258 e. The first-order valence-corrected chi connectivity index (χ1v) is 8.44. The minimum Gasteiger partial charge on any atom is -0.258 e. The second kappa shape index (κ2) is 6.21. The van der Waals surface area contributed by atoms with Crippen LogP contribution in [0.1, 0.15) is 5.56 Å². The molecule has 0 N–H and O–H groups in total. The van der Waals surface area contributed by atoms with E-state index in [4.69, 9.17) is 0 Å². The summed E-state index contributed by atoms with van der Waals surface area (Å²) in [4.78, 5) is 9.94. The van der Waals surface area contributed by atoms with E-state index in [0.29, 0.717) is 5.56 Å². The summed E-state index contributed by atoms with van der Waals surface area (Å²) in [6.07, 6.45) is 1.29. The molecule has 0 unspecified atom stereocenters. The summed E-state index contributed by atoms with van der Waals surface area (Å²) in [6, 6.07) is 17.7. The molecule has 0 bridgehead atoms. The first-order valence-electron chi connectivity index (χ1n) is 7.00. The Morgan fingerprint density at radius 2 is 1.58 bits per heavy atom. The Hall–Kier alpha value is -3.06. The molecule has 0 aliphatic heterocycles. The fraction of sp³-hybridized carbons (Fsp3) is 0. The first-order chi connectivity index (χ1) is 11.5. The van der Waals surface area contributed by atoms with Crippen LogP contribution in [0.3, 0.4) is 0 Å². The van der Waals surface area contributed by atoms with Crippen molar-refractivity contribution >= 4 is 32.7 Å². The predicted molar refractivity (Wildman–Crippen MR) is 91.8 cm³/mol. The Kier molecular flexibility index (Phi) is 4.09. The molecule has 0 heterocycles. The zero-order valence-electron chi connectivity index (χ0n) is 12.4. The van der Waals surface area contributed by atoms with Gasteiger partial charge in [0.1, 0.15) is 0 Å². The molecule has 3 aromatic carbocycles. The van der Waals surface area contributed by atoms with Gasteiger partial charge in [-0.1, -0.05) is 42.5 Å². The van der Waals surface area contributed by atoms with Crippen molar-refractivity contribution in [1.29, 1.82) is 0 Å². The van der Waals surface area contributed by atoms with E-state index in [1.807, 2.05) is 36.4 Å². The molecule has 0 spiro atoms. The Bertz CT molecular complexity index is 1040. The SMILES string of the molecule is O=[N+]([O-])c1ccc(S(=O)(=O)/N=C/c2cccc3ccccc23)cc1. The summed E-state index contributed by atoms with van der Waals surface area (Å²) in [5.41, 5.74) is 0.505. The van der Waals surface area contributed by atoms with E-state index < -0.39 is 14.9 Å². The van der Waals surface area contributed by atoms with Crippen LogP contribution >= 0.6 is 0 Å². The molecule has 3 rings (SSSR count). The highest BCUT2D eigenvalue weighted by molar-refractivity contribution is 7.90. The first kappa shape index (κ1) is 15.8. The molecule has 0 saturated carbocycles. The van der Waals surface area contributed by atoms with Crippen molar-refractivity contribution in [2.45, 2.75) is 4.90 Å². The number of nitrogens with zero attached hydrogens (tertiary/aromatic N) is 2. The number of nitro benzene ring substituents is 1. The quantitative estimate of drug-likeness (QED) is 0.412. The average Bonchev–Trinajstić information content (AvgIpc) is 2.60. The summed E-state index contributed by atoms with van der Waals surface area (Å²) < 4.78 is 28.2. The molecule has 0 radical (unpaired) electrons. The van der Waals surface area contributed by atoms with Gasteiger partial charge < -0.3 is 0 Å². The number of sulfonamides is 1. The fourth-order valence-electron chi connectivity index (χ4n) is 2.29. The molecule has 0 amide bonds. The Morgan fingerprint density at radius 1 is 0.917 bits per heavy atom. The third kappa shape index (κ3) is 3.16. The van der Waals surface area contributed by atoms with Crippen molar-refractivity contribution in [3.8, 4) is 0 Å². The van der Waals surface area contributed by atoms with Gasteiger partial charge in [-0.05, 0) is 22.9 Å². The minimum absolute atomic E-state index is 0.0930. The van der Waals surface area contributed by atoms with Crippen molar-refractivity contribution in [2.75, 3.05) is 0 Å². The van der Waals surface area contributed by atoms with Crippen LogP contribution in [0, 0.1) is 10.1 Å². The molecule has 7 heteroatoms. The molecule has 0 saturated heterocycles. The third-order valence-electron chi connectivity index (χ3n) is 3.50. The predicted octanol–water partition coefficient (Wildman–Crippen LogP) is 3.56. The molecule has 0 atom stereocenters. The van der Waals surface area contributed by atoms with Gasteiger partial charge in [0, 0.05) is 23.9 Å². The molecule has 6 nitrogen and oxygen atoms in total. The molecular weight excluding hydrogens is 328 g/mol. The lowest BCUT2D eigenvalue weighted by atomic mass is 10.1. The van der Waals surface area contributed by atoms with E-state index in [1.54, 1.807) is 6.07 Å². The number of benzene rings is 3. The van der Waals surface area contributed by atoms with Crippen molar-refractivity contribution < 1.29 is 13.3 Å². The average molecular weight is 340 g/mol. The van der Waals surface area contributed by atoms with Crippen LogP contribution in [0.4, 0.5) is 5.69 Å². The zero-order valence-corrected chi connectivity index (χ0v) is 13.2. The van der Waals surface area contributed by atoms with Crippen LogP contribution in [0.5, 0.6) is 0 Å². The highest BCUT2D eigenvalue weighted by atomic mass is 32.2. The number of non-ortho nitro benzene ring substituents is 1. The molecule has 0 aliphatic rings. The van der Waals surface area contributed by atoms with E-state index in [-0.39, 0.29) is 10.6 Å². The monoisotopic (exact) mass is 340 g/mol. The van der Waals surface area contributed by atoms with E-state index in [9.17, 15) is 18.5 Å². The topological polar surface area (TPSA) is 89.6 Å². The van der Waals surface area contributed by atoms with Gasteiger partial charge >= 0.3 is 0 Å². The van der Waals surface area contributed by atoms with Gasteiger partial charge in [0.05, 0.1) is 9.82 Å².